The summed E-state index contributed by atoms with van der Waals surface area (Å²) in [6.07, 6.45) is 1.87. The lowest BCUT2D eigenvalue weighted by molar-refractivity contribution is 0.101. The van der Waals surface area contributed by atoms with Crippen LogP contribution in [0.4, 0.5) is 5.13 Å². The number of nitrogens with one attached hydrogen (secondary N) is 1. The zero-order chi connectivity index (χ0) is 12.4. The molecule has 2 aromatic rings. The van der Waals surface area contributed by atoms with Crippen molar-refractivity contribution in [1.82, 2.24) is 19.4 Å². The maximum absolute atomic E-state index is 12.0. The van der Waals surface area contributed by atoms with Crippen molar-refractivity contribution in [3.05, 3.63) is 22.4 Å². The van der Waals surface area contributed by atoms with Gasteiger partial charge in [0, 0.05) is 28.2 Å². The largest absolute Gasteiger partial charge is 0.340 e. The maximum Gasteiger partial charge on any atom is 0.274 e. The number of halogens is 1. The first-order valence-corrected chi connectivity index (χ1v) is 6.48. The molecule has 0 unspecified atom stereocenters. The predicted molar refractivity (Wildman–Crippen MR) is 68.2 cm³/mol. The lowest BCUT2D eigenvalue weighted by atomic mass is 10.3. The molecule has 6 nitrogen and oxygen atoms in total. The molecular formula is C9H10BrN5OS. The van der Waals surface area contributed by atoms with Gasteiger partial charge in [-0.15, -0.1) is 0 Å². The summed E-state index contributed by atoms with van der Waals surface area (Å²) >= 11 is 4.40. The van der Waals surface area contributed by atoms with E-state index < -0.39 is 0 Å². The standard InChI is InChI=1S/C9H10BrN5OS/c1-5(2)15-4-6(10)3-7(15)8(16)11-9-12-13-14-17-9/h3-5H,1-2H3,(H,11,12,14,16). The van der Waals surface area contributed by atoms with E-state index in [0.717, 1.165) is 16.0 Å². The van der Waals surface area contributed by atoms with Gasteiger partial charge >= 0.3 is 0 Å². The summed E-state index contributed by atoms with van der Waals surface area (Å²) in [5.41, 5.74) is 0.571. The van der Waals surface area contributed by atoms with Gasteiger partial charge in [0.25, 0.3) is 5.91 Å². The molecule has 8 heteroatoms. The molecule has 2 aromatic heterocycles. The van der Waals surface area contributed by atoms with Crippen molar-refractivity contribution < 1.29 is 4.79 Å². The lowest BCUT2D eigenvalue weighted by Crippen LogP contribution is -2.17. The second-order valence-corrected chi connectivity index (χ2v) is 5.31. The van der Waals surface area contributed by atoms with Crippen molar-refractivity contribution in [2.45, 2.75) is 19.9 Å². The molecule has 0 fully saturated rings. The summed E-state index contributed by atoms with van der Waals surface area (Å²) in [5, 5.41) is 10.1. The molecule has 1 amide bonds. The second-order valence-electron chi connectivity index (χ2n) is 3.67. The van der Waals surface area contributed by atoms with Crippen LogP contribution in [-0.4, -0.2) is 25.3 Å². The van der Waals surface area contributed by atoms with E-state index in [0.29, 0.717) is 10.8 Å². The van der Waals surface area contributed by atoms with Gasteiger partial charge in [0.2, 0.25) is 5.13 Å². The van der Waals surface area contributed by atoms with Crippen molar-refractivity contribution in [2.75, 3.05) is 5.32 Å². The molecule has 2 rings (SSSR count). The van der Waals surface area contributed by atoms with Gasteiger partial charge in [-0.05, 0) is 41.1 Å². The van der Waals surface area contributed by atoms with Gasteiger partial charge in [0.15, 0.2) is 0 Å². The fourth-order valence-electron chi connectivity index (χ4n) is 1.40. The molecule has 0 radical (unpaired) electrons. The molecule has 0 aliphatic carbocycles. The summed E-state index contributed by atoms with van der Waals surface area (Å²) < 4.78 is 6.33. The number of carbonyl (C=O) groups excluding carboxylic acids is 1. The number of nitrogens with zero attached hydrogens (tertiary/aromatic N) is 4. The van der Waals surface area contributed by atoms with Crippen LogP contribution in [0.3, 0.4) is 0 Å². The van der Waals surface area contributed by atoms with Crippen LogP contribution in [0.5, 0.6) is 0 Å². The van der Waals surface area contributed by atoms with Crippen LogP contribution in [0.15, 0.2) is 16.7 Å². The van der Waals surface area contributed by atoms with E-state index in [4.69, 9.17) is 0 Å². The average molecular weight is 316 g/mol. The second kappa shape index (κ2) is 4.92. The number of hydrogen-bond acceptors (Lipinski definition) is 5. The summed E-state index contributed by atoms with van der Waals surface area (Å²) in [6.45, 7) is 4.02. The Bertz CT molecular complexity index is 521. The van der Waals surface area contributed by atoms with Crippen molar-refractivity contribution in [2.24, 2.45) is 0 Å². The van der Waals surface area contributed by atoms with Crippen molar-refractivity contribution in [3.8, 4) is 0 Å². The Morgan fingerprint density at radius 3 is 2.94 bits per heavy atom. The minimum atomic E-state index is -0.219. The van der Waals surface area contributed by atoms with Gasteiger partial charge in [0.1, 0.15) is 5.69 Å². The van der Waals surface area contributed by atoms with E-state index in [9.17, 15) is 4.79 Å². The Balaban J connectivity index is 2.24. The first kappa shape index (κ1) is 12.2. The molecule has 0 aliphatic rings. The highest BCUT2D eigenvalue weighted by atomic mass is 79.9. The molecule has 0 saturated heterocycles. The summed E-state index contributed by atoms with van der Waals surface area (Å²) in [5.74, 6) is -0.219. The minimum absolute atomic E-state index is 0.203. The third-order valence-corrected chi connectivity index (χ3v) is 3.07. The molecular weight excluding hydrogens is 306 g/mol. The Morgan fingerprint density at radius 2 is 2.35 bits per heavy atom. The molecule has 17 heavy (non-hydrogen) atoms. The van der Waals surface area contributed by atoms with Crippen LogP contribution in [0.2, 0.25) is 0 Å². The number of hydrogen-bond donors (Lipinski definition) is 1. The number of rotatable bonds is 3. The molecule has 0 saturated carbocycles. The summed E-state index contributed by atoms with van der Waals surface area (Å²) in [6, 6.07) is 1.97. The van der Waals surface area contributed by atoms with E-state index >= 15 is 0 Å². The van der Waals surface area contributed by atoms with Crippen molar-refractivity contribution in [3.63, 3.8) is 0 Å². The third kappa shape index (κ3) is 2.70. The van der Waals surface area contributed by atoms with Crippen LogP contribution in [0.25, 0.3) is 0 Å². The maximum atomic E-state index is 12.0. The zero-order valence-electron chi connectivity index (χ0n) is 9.22. The first-order valence-electron chi connectivity index (χ1n) is 4.91. The normalized spacial score (nSPS) is 10.8. The van der Waals surface area contributed by atoms with E-state index in [2.05, 4.69) is 36.0 Å². The SMILES string of the molecule is CC(C)n1cc(Br)cc1C(=O)Nc1nnns1. The van der Waals surface area contributed by atoms with Crippen molar-refractivity contribution >= 4 is 38.5 Å². The fourth-order valence-corrected chi connectivity index (χ4v) is 2.20. The van der Waals surface area contributed by atoms with Gasteiger partial charge in [-0.25, -0.2) is 0 Å². The van der Waals surface area contributed by atoms with E-state index in [1.54, 1.807) is 6.07 Å². The van der Waals surface area contributed by atoms with Crippen LogP contribution >= 0.6 is 27.5 Å². The van der Waals surface area contributed by atoms with Gasteiger partial charge < -0.3 is 4.57 Å². The Kier molecular flexibility index (Phi) is 3.53. The molecule has 0 bridgehead atoms. The number of carbonyl (C=O) groups is 1. The highest BCUT2D eigenvalue weighted by molar-refractivity contribution is 9.10. The quantitative estimate of drug-likeness (QED) is 0.943. The smallest absolute Gasteiger partial charge is 0.274 e. The van der Waals surface area contributed by atoms with Crippen LogP contribution < -0.4 is 5.32 Å². The first-order chi connectivity index (χ1) is 8.08. The van der Waals surface area contributed by atoms with E-state index in [1.165, 1.54) is 0 Å². The van der Waals surface area contributed by atoms with Gasteiger partial charge in [0.05, 0.1) is 0 Å². The lowest BCUT2D eigenvalue weighted by Gasteiger charge is -2.11. The zero-order valence-corrected chi connectivity index (χ0v) is 11.6. The molecule has 0 aliphatic heterocycles. The van der Waals surface area contributed by atoms with Crippen LogP contribution in [0, 0.1) is 0 Å². The van der Waals surface area contributed by atoms with Crippen LogP contribution in [0.1, 0.15) is 30.4 Å². The number of amides is 1. The summed E-state index contributed by atoms with van der Waals surface area (Å²) in [7, 11) is 0. The molecule has 0 atom stereocenters. The monoisotopic (exact) mass is 315 g/mol. The minimum Gasteiger partial charge on any atom is -0.340 e. The molecule has 1 N–H and O–H groups in total. The highest BCUT2D eigenvalue weighted by Gasteiger charge is 2.16. The molecule has 0 spiro atoms. The van der Waals surface area contributed by atoms with Crippen molar-refractivity contribution in [1.29, 1.82) is 0 Å². The number of aromatic nitrogens is 4. The van der Waals surface area contributed by atoms with Gasteiger partial charge in [-0.3, -0.25) is 10.1 Å². The highest BCUT2D eigenvalue weighted by Crippen LogP contribution is 2.20. The molecule has 2 heterocycles. The summed E-state index contributed by atoms with van der Waals surface area (Å²) in [4.78, 5) is 12.0. The molecule has 0 aromatic carbocycles. The van der Waals surface area contributed by atoms with E-state index in [1.807, 2.05) is 24.6 Å². The number of anilines is 1. The average Bonchev–Trinajstić information content (AvgIpc) is 2.86. The van der Waals surface area contributed by atoms with Gasteiger partial charge in [-0.2, -0.15) is 0 Å². The fraction of sp³-hybridized carbons (Fsp3) is 0.333. The third-order valence-electron chi connectivity index (χ3n) is 2.12. The topological polar surface area (TPSA) is 72.7 Å². The van der Waals surface area contributed by atoms with E-state index in [-0.39, 0.29) is 11.9 Å². The predicted octanol–water partition coefficient (Wildman–Crippen LogP) is 2.33. The molecule has 90 valence electrons. The Hall–Kier alpha value is -1.28. The van der Waals surface area contributed by atoms with Crippen LogP contribution in [-0.2, 0) is 0 Å². The van der Waals surface area contributed by atoms with Gasteiger partial charge in [-0.1, -0.05) is 9.59 Å². The Labute approximate surface area is 110 Å². The Morgan fingerprint density at radius 1 is 1.59 bits per heavy atom.